The molecule has 0 spiro atoms. The fourth-order valence-corrected chi connectivity index (χ4v) is 4.04. The van der Waals surface area contributed by atoms with Crippen LogP contribution in [-0.4, -0.2) is 27.5 Å². The first-order valence-electron chi connectivity index (χ1n) is 7.33. The zero-order valence-electron chi connectivity index (χ0n) is 13.8. The molecule has 0 aromatic heterocycles. The predicted molar refractivity (Wildman–Crippen MR) is 87.0 cm³/mol. The maximum Gasteiger partial charge on any atom is 0.337 e. The molecule has 0 fully saturated rings. The van der Waals surface area contributed by atoms with Crippen molar-refractivity contribution in [1.82, 2.24) is 4.72 Å². The number of benzene rings is 1. The van der Waals surface area contributed by atoms with Crippen LogP contribution >= 0.6 is 0 Å². The number of carbonyl (C=O) groups is 1. The normalized spacial score (nSPS) is 12.2. The van der Waals surface area contributed by atoms with Gasteiger partial charge in [0.25, 0.3) is 0 Å². The number of esters is 1. The molecule has 0 aliphatic carbocycles. The van der Waals surface area contributed by atoms with E-state index in [-0.39, 0.29) is 23.6 Å². The first-order valence-corrected chi connectivity index (χ1v) is 8.98. The van der Waals surface area contributed by atoms with Crippen molar-refractivity contribution in [3.05, 3.63) is 35.4 Å². The summed E-state index contributed by atoms with van der Waals surface area (Å²) in [5.74, 6) is -0.107. The van der Waals surface area contributed by atoms with Gasteiger partial charge in [0.15, 0.2) is 0 Å². The number of nitrogens with one attached hydrogen (secondary N) is 1. The summed E-state index contributed by atoms with van der Waals surface area (Å²) in [6, 6.07) is 6.30. The van der Waals surface area contributed by atoms with Crippen LogP contribution in [0.2, 0.25) is 0 Å². The Morgan fingerprint density at radius 3 is 2.00 bits per heavy atom. The molecule has 1 aromatic rings. The van der Waals surface area contributed by atoms with Crippen LogP contribution in [0.4, 0.5) is 0 Å². The van der Waals surface area contributed by atoms with Gasteiger partial charge in [0.05, 0.1) is 18.4 Å². The second-order valence-corrected chi connectivity index (χ2v) is 7.83. The van der Waals surface area contributed by atoms with Gasteiger partial charge in [-0.05, 0) is 29.5 Å². The molecule has 22 heavy (non-hydrogen) atoms. The highest BCUT2D eigenvalue weighted by atomic mass is 32.2. The number of methoxy groups -OCH3 is 1. The van der Waals surface area contributed by atoms with Gasteiger partial charge in [-0.3, -0.25) is 0 Å². The zero-order chi connectivity index (χ0) is 16.9. The van der Waals surface area contributed by atoms with Gasteiger partial charge >= 0.3 is 5.97 Å². The highest BCUT2D eigenvalue weighted by Crippen LogP contribution is 2.15. The molecule has 0 aliphatic heterocycles. The fraction of sp³-hybridized carbons (Fsp3) is 0.562. The molecule has 1 N–H and O–H groups in total. The summed E-state index contributed by atoms with van der Waals surface area (Å²) in [7, 11) is -2.12. The molecule has 1 rings (SSSR count). The number of carbonyl (C=O) groups excluding carboxylic acids is 1. The van der Waals surface area contributed by atoms with E-state index in [2.05, 4.69) is 9.46 Å². The van der Waals surface area contributed by atoms with Crippen molar-refractivity contribution in [3.63, 3.8) is 0 Å². The Kier molecular flexibility index (Phi) is 6.56. The van der Waals surface area contributed by atoms with Crippen LogP contribution in [0, 0.1) is 11.8 Å². The molecule has 6 heteroatoms. The Hall–Kier alpha value is -1.40. The SMILES string of the molecule is COC(=O)c1ccc(CS(=O)(=O)NC(C(C)C)C(C)C)cc1. The monoisotopic (exact) mass is 327 g/mol. The highest BCUT2D eigenvalue weighted by molar-refractivity contribution is 7.88. The third kappa shape index (κ3) is 5.42. The summed E-state index contributed by atoms with van der Waals surface area (Å²) < 4.78 is 32.0. The Labute approximate surface area is 133 Å². The van der Waals surface area contributed by atoms with Gasteiger partial charge in [0.1, 0.15) is 0 Å². The Morgan fingerprint density at radius 1 is 1.09 bits per heavy atom. The van der Waals surface area contributed by atoms with Crippen LogP contribution < -0.4 is 4.72 Å². The third-order valence-corrected chi connectivity index (χ3v) is 4.83. The van der Waals surface area contributed by atoms with Gasteiger partial charge in [-0.1, -0.05) is 39.8 Å². The molecule has 0 saturated carbocycles. The van der Waals surface area contributed by atoms with E-state index in [9.17, 15) is 13.2 Å². The van der Waals surface area contributed by atoms with Crippen LogP contribution in [0.25, 0.3) is 0 Å². The van der Waals surface area contributed by atoms with Crippen molar-refractivity contribution >= 4 is 16.0 Å². The van der Waals surface area contributed by atoms with E-state index in [1.54, 1.807) is 24.3 Å². The van der Waals surface area contributed by atoms with E-state index in [4.69, 9.17) is 0 Å². The van der Waals surface area contributed by atoms with Crippen LogP contribution in [0.5, 0.6) is 0 Å². The lowest BCUT2D eigenvalue weighted by Crippen LogP contribution is -2.42. The topological polar surface area (TPSA) is 72.5 Å². The van der Waals surface area contributed by atoms with Gasteiger partial charge in [-0.2, -0.15) is 0 Å². The minimum atomic E-state index is -3.43. The number of hydrogen-bond donors (Lipinski definition) is 1. The first kappa shape index (κ1) is 18.6. The average Bonchev–Trinajstić information content (AvgIpc) is 2.44. The van der Waals surface area contributed by atoms with E-state index in [0.29, 0.717) is 11.1 Å². The summed E-state index contributed by atoms with van der Waals surface area (Å²) in [6.07, 6.45) is 0. The maximum atomic E-state index is 12.3. The van der Waals surface area contributed by atoms with Gasteiger partial charge in [-0.15, -0.1) is 0 Å². The summed E-state index contributed by atoms with van der Waals surface area (Å²) in [6.45, 7) is 7.99. The summed E-state index contributed by atoms with van der Waals surface area (Å²) in [5, 5.41) is 0. The average molecular weight is 327 g/mol. The number of ether oxygens (including phenoxy) is 1. The molecular formula is C16H25NO4S. The minimum Gasteiger partial charge on any atom is -0.465 e. The van der Waals surface area contributed by atoms with E-state index in [0.717, 1.165) is 0 Å². The van der Waals surface area contributed by atoms with Crippen LogP contribution in [-0.2, 0) is 20.5 Å². The Morgan fingerprint density at radius 2 is 1.59 bits per heavy atom. The highest BCUT2D eigenvalue weighted by Gasteiger charge is 2.23. The van der Waals surface area contributed by atoms with Crippen molar-refractivity contribution in [2.45, 2.75) is 39.5 Å². The molecular weight excluding hydrogens is 302 g/mol. The number of sulfonamides is 1. The fourth-order valence-electron chi connectivity index (χ4n) is 2.37. The minimum absolute atomic E-state index is 0.0978. The van der Waals surface area contributed by atoms with E-state index >= 15 is 0 Å². The third-order valence-electron chi connectivity index (χ3n) is 3.48. The Bertz CT molecular complexity index is 583. The van der Waals surface area contributed by atoms with Gasteiger partial charge in [0, 0.05) is 6.04 Å². The maximum absolute atomic E-state index is 12.3. The lowest BCUT2D eigenvalue weighted by molar-refractivity contribution is 0.0600. The second-order valence-electron chi connectivity index (χ2n) is 6.08. The van der Waals surface area contributed by atoms with Gasteiger partial charge in [0.2, 0.25) is 10.0 Å². The molecule has 0 bridgehead atoms. The molecule has 0 atom stereocenters. The first-order chi connectivity index (χ1) is 10.2. The van der Waals surface area contributed by atoms with Gasteiger partial charge in [-0.25, -0.2) is 17.9 Å². The molecule has 0 aliphatic rings. The predicted octanol–water partition coefficient (Wildman–Crippen LogP) is 2.57. The summed E-state index contributed by atoms with van der Waals surface area (Å²) in [4.78, 5) is 11.4. The second kappa shape index (κ2) is 7.74. The molecule has 124 valence electrons. The van der Waals surface area contributed by atoms with E-state index in [1.165, 1.54) is 7.11 Å². The lowest BCUT2D eigenvalue weighted by atomic mass is 9.94. The number of hydrogen-bond acceptors (Lipinski definition) is 4. The molecule has 0 heterocycles. The smallest absolute Gasteiger partial charge is 0.337 e. The van der Waals surface area contributed by atoms with Crippen molar-refractivity contribution < 1.29 is 17.9 Å². The molecule has 0 saturated heterocycles. The lowest BCUT2D eigenvalue weighted by Gasteiger charge is -2.25. The summed E-state index contributed by atoms with van der Waals surface area (Å²) >= 11 is 0. The van der Waals surface area contributed by atoms with Crippen molar-refractivity contribution in [3.8, 4) is 0 Å². The largest absolute Gasteiger partial charge is 0.465 e. The van der Waals surface area contributed by atoms with E-state index < -0.39 is 16.0 Å². The van der Waals surface area contributed by atoms with Crippen LogP contribution in [0.15, 0.2) is 24.3 Å². The molecule has 0 amide bonds. The van der Waals surface area contributed by atoms with Crippen molar-refractivity contribution in [1.29, 1.82) is 0 Å². The Balaban J connectivity index is 2.82. The number of rotatable bonds is 7. The molecule has 0 radical (unpaired) electrons. The van der Waals surface area contributed by atoms with Crippen molar-refractivity contribution in [2.24, 2.45) is 11.8 Å². The summed E-state index contributed by atoms with van der Waals surface area (Å²) in [5.41, 5.74) is 1.03. The molecule has 1 aromatic carbocycles. The van der Waals surface area contributed by atoms with Crippen molar-refractivity contribution in [2.75, 3.05) is 7.11 Å². The van der Waals surface area contributed by atoms with E-state index in [1.807, 2.05) is 27.7 Å². The van der Waals surface area contributed by atoms with Crippen LogP contribution in [0.1, 0.15) is 43.6 Å². The standard InChI is InChI=1S/C16H25NO4S/c1-11(2)15(12(3)4)17-22(19,20)10-13-6-8-14(9-7-13)16(18)21-5/h6-9,11-12,15,17H,10H2,1-5H3. The van der Waals surface area contributed by atoms with Crippen LogP contribution in [0.3, 0.4) is 0 Å². The molecule has 0 unspecified atom stereocenters. The quantitative estimate of drug-likeness (QED) is 0.781. The zero-order valence-corrected chi connectivity index (χ0v) is 14.6. The van der Waals surface area contributed by atoms with Gasteiger partial charge < -0.3 is 4.74 Å². The molecule has 5 nitrogen and oxygen atoms in total.